The van der Waals surface area contributed by atoms with Crippen LogP contribution < -0.4 is 0 Å². The maximum Gasteiger partial charge on any atom is 0.309 e. The van der Waals surface area contributed by atoms with Gasteiger partial charge < -0.3 is 14.9 Å². The molecular weight excluding hydrogens is 304 g/mol. The second-order valence-corrected chi connectivity index (χ2v) is 8.14. The summed E-state index contributed by atoms with van der Waals surface area (Å²) in [4.78, 5) is 12.5. The van der Waals surface area contributed by atoms with Crippen molar-refractivity contribution in [3.05, 3.63) is 29.3 Å². The lowest BCUT2D eigenvalue weighted by Gasteiger charge is -2.52. The maximum absolute atomic E-state index is 12.5. The number of aromatic hydroxyl groups is 1. The predicted octanol–water partition coefficient (Wildman–Crippen LogP) is 3.01. The molecule has 1 aromatic carbocycles. The number of carbonyl (C=O) groups is 1. The Hall–Kier alpha value is -1.55. The smallest absolute Gasteiger partial charge is 0.309 e. The van der Waals surface area contributed by atoms with E-state index in [0.717, 1.165) is 31.2 Å². The lowest BCUT2D eigenvalue weighted by atomic mass is 9.52. The summed E-state index contributed by atoms with van der Waals surface area (Å²) in [5.74, 6) is 0.839. The van der Waals surface area contributed by atoms with E-state index < -0.39 is 0 Å². The third-order valence-electron chi connectivity index (χ3n) is 7.22. The van der Waals surface area contributed by atoms with Gasteiger partial charge in [0, 0.05) is 0 Å². The van der Waals surface area contributed by atoms with Crippen molar-refractivity contribution in [1.82, 2.24) is 0 Å². The molecule has 3 aliphatic rings. The molecule has 24 heavy (non-hydrogen) atoms. The summed E-state index contributed by atoms with van der Waals surface area (Å²) in [5.41, 5.74) is 2.28. The third-order valence-corrected chi connectivity index (χ3v) is 7.22. The number of aliphatic hydroxyl groups excluding tert-OH is 1. The second kappa shape index (κ2) is 5.48. The number of benzene rings is 1. The summed E-state index contributed by atoms with van der Waals surface area (Å²) in [6.45, 7) is 2.20. The highest BCUT2D eigenvalue weighted by molar-refractivity contribution is 5.74. The number of fused-ring (bicyclic) bond motifs is 5. The molecule has 2 N–H and O–H groups in total. The fourth-order valence-corrected chi connectivity index (χ4v) is 5.99. The van der Waals surface area contributed by atoms with E-state index in [1.165, 1.54) is 12.7 Å². The van der Waals surface area contributed by atoms with Crippen molar-refractivity contribution in [3.63, 3.8) is 0 Å². The number of aliphatic hydroxyl groups is 1. The molecule has 0 spiro atoms. The second-order valence-electron chi connectivity index (χ2n) is 8.14. The zero-order valence-electron chi connectivity index (χ0n) is 14.4. The van der Waals surface area contributed by atoms with Crippen molar-refractivity contribution in [2.24, 2.45) is 23.2 Å². The normalized spacial score (nSPS) is 40.4. The van der Waals surface area contributed by atoms with E-state index in [-0.39, 0.29) is 35.1 Å². The van der Waals surface area contributed by atoms with Gasteiger partial charge in [0.15, 0.2) is 0 Å². The van der Waals surface area contributed by atoms with E-state index in [1.54, 1.807) is 12.1 Å². The van der Waals surface area contributed by atoms with E-state index in [4.69, 9.17) is 4.74 Å². The summed E-state index contributed by atoms with van der Waals surface area (Å²) in [5, 5.41) is 20.4. The van der Waals surface area contributed by atoms with Gasteiger partial charge in [-0.3, -0.25) is 4.79 Å². The minimum absolute atomic E-state index is 0.0815. The van der Waals surface area contributed by atoms with Crippen molar-refractivity contribution in [2.75, 3.05) is 7.11 Å². The Balaban J connectivity index is 1.80. The molecule has 0 amide bonds. The lowest BCUT2D eigenvalue weighted by Crippen LogP contribution is -2.49. The van der Waals surface area contributed by atoms with E-state index in [2.05, 4.69) is 6.92 Å². The van der Waals surface area contributed by atoms with Gasteiger partial charge in [0.05, 0.1) is 19.1 Å². The van der Waals surface area contributed by atoms with Gasteiger partial charge in [0.1, 0.15) is 5.75 Å². The van der Waals surface area contributed by atoms with E-state index >= 15 is 0 Å². The number of phenolic OH excluding ortho intramolecular Hbond substituents is 1. The molecule has 4 rings (SSSR count). The van der Waals surface area contributed by atoms with Crippen LogP contribution in [0.25, 0.3) is 0 Å². The topological polar surface area (TPSA) is 66.8 Å². The number of esters is 1. The zero-order valence-corrected chi connectivity index (χ0v) is 14.4. The van der Waals surface area contributed by atoms with Crippen LogP contribution in [0.2, 0.25) is 0 Å². The van der Waals surface area contributed by atoms with Crippen LogP contribution in [0.1, 0.15) is 49.7 Å². The van der Waals surface area contributed by atoms with Crippen molar-refractivity contribution < 1.29 is 19.7 Å². The first-order valence-corrected chi connectivity index (χ1v) is 9.03. The van der Waals surface area contributed by atoms with Gasteiger partial charge in [-0.1, -0.05) is 13.0 Å². The first-order valence-electron chi connectivity index (χ1n) is 9.03. The number of methoxy groups -OCH3 is 1. The predicted molar refractivity (Wildman–Crippen MR) is 89.6 cm³/mol. The van der Waals surface area contributed by atoms with Crippen LogP contribution in [0.15, 0.2) is 18.2 Å². The highest BCUT2D eigenvalue weighted by Gasteiger charge is 2.58. The highest BCUT2D eigenvalue weighted by Crippen LogP contribution is 2.62. The Labute approximate surface area is 142 Å². The number of phenols is 1. The van der Waals surface area contributed by atoms with Gasteiger partial charge in [-0.05, 0) is 78.5 Å². The molecule has 0 heterocycles. The van der Waals surface area contributed by atoms with Crippen LogP contribution >= 0.6 is 0 Å². The van der Waals surface area contributed by atoms with Crippen LogP contribution in [0.4, 0.5) is 0 Å². The van der Waals surface area contributed by atoms with Gasteiger partial charge >= 0.3 is 5.97 Å². The standard InChI is InChI=1S/C20H26O4/c1-20-8-7-14-13-4-3-12(21)9-11(13)10-15(19(23)24-2)18(14)16(20)5-6-17(20)22/h3-4,9,14-18,21-22H,5-8,10H2,1-2H3/t14-,15-,16+,17+,18+,20+/m1/s1. The molecule has 4 heteroatoms. The average molecular weight is 330 g/mol. The summed E-state index contributed by atoms with van der Waals surface area (Å²) in [6, 6.07) is 5.59. The SMILES string of the molecule is COC(=O)[C@@H]1Cc2cc(O)ccc2[C@H]2CC[C@]3(C)[C@@H](O)CC[C@H]3[C@@H]21. The Morgan fingerprint density at radius 2 is 2.08 bits per heavy atom. The van der Waals surface area contributed by atoms with Crippen LogP contribution in [0.5, 0.6) is 5.75 Å². The molecule has 1 aromatic rings. The molecule has 0 saturated heterocycles. The number of hydrogen-bond donors (Lipinski definition) is 2. The van der Waals surface area contributed by atoms with Crippen molar-refractivity contribution in [1.29, 1.82) is 0 Å². The quantitative estimate of drug-likeness (QED) is 0.777. The van der Waals surface area contributed by atoms with Gasteiger partial charge in [0.25, 0.3) is 0 Å². The van der Waals surface area contributed by atoms with Crippen LogP contribution in [-0.4, -0.2) is 29.4 Å². The molecule has 130 valence electrons. The Kier molecular flexibility index (Phi) is 3.64. The fourth-order valence-electron chi connectivity index (χ4n) is 5.99. The minimum atomic E-state index is -0.261. The van der Waals surface area contributed by atoms with Crippen LogP contribution in [-0.2, 0) is 16.0 Å². The molecule has 2 fully saturated rings. The Morgan fingerprint density at radius 3 is 2.83 bits per heavy atom. The van der Waals surface area contributed by atoms with Gasteiger partial charge in [-0.2, -0.15) is 0 Å². The lowest BCUT2D eigenvalue weighted by molar-refractivity contribution is -0.152. The summed E-state index contributed by atoms with van der Waals surface area (Å²) in [6.07, 6.45) is 4.16. The van der Waals surface area contributed by atoms with E-state index in [0.29, 0.717) is 18.3 Å². The van der Waals surface area contributed by atoms with Gasteiger partial charge in [0.2, 0.25) is 0 Å². The summed E-state index contributed by atoms with van der Waals surface area (Å²) < 4.78 is 5.13. The van der Waals surface area contributed by atoms with E-state index in [9.17, 15) is 15.0 Å². The van der Waals surface area contributed by atoms with Crippen LogP contribution in [0.3, 0.4) is 0 Å². The monoisotopic (exact) mass is 330 g/mol. The van der Waals surface area contributed by atoms with Crippen molar-refractivity contribution in [3.8, 4) is 5.75 Å². The van der Waals surface area contributed by atoms with Crippen molar-refractivity contribution in [2.45, 2.75) is 51.0 Å². The molecule has 4 nitrogen and oxygen atoms in total. The molecule has 6 atom stereocenters. The Bertz CT molecular complexity index is 670. The van der Waals surface area contributed by atoms with Crippen LogP contribution in [0, 0.1) is 23.2 Å². The third kappa shape index (κ3) is 2.12. The fraction of sp³-hybridized carbons (Fsp3) is 0.650. The molecule has 0 unspecified atom stereocenters. The summed E-state index contributed by atoms with van der Waals surface area (Å²) in [7, 11) is 1.46. The molecule has 2 saturated carbocycles. The van der Waals surface area contributed by atoms with Gasteiger partial charge in [-0.25, -0.2) is 0 Å². The van der Waals surface area contributed by atoms with Crippen molar-refractivity contribution >= 4 is 5.97 Å². The largest absolute Gasteiger partial charge is 0.508 e. The zero-order chi connectivity index (χ0) is 17.1. The average Bonchev–Trinajstić information content (AvgIpc) is 2.88. The number of ether oxygens (including phenoxy) is 1. The summed E-state index contributed by atoms with van der Waals surface area (Å²) >= 11 is 0. The molecule has 0 aromatic heterocycles. The first kappa shape index (κ1) is 15.9. The van der Waals surface area contributed by atoms with E-state index in [1.807, 2.05) is 6.07 Å². The maximum atomic E-state index is 12.5. The molecular formula is C20H26O4. The molecule has 0 bridgehead atoms. The number of hydrogen-bond acceptors (Lipinski definition) is 4. The number of rotatable bonds is 1. The molecule has 0 aliphatic heterocycles. The molecule has 3 aliphatic carbocycles. The van der Waals surface area contributed by atoms with Gasteiger partial charge in [-0.15, -0.1) is 0 Å². The molecule has 0 radical (unpaired) electrons. The minimum Gasteiger partial charge on any atom is -0.508 e. The highest BCUT2D eigenvalue weighted by atomic mass is 16.5. The first-order chi connectivity index (χ1) is 11.5. The number of carbonyl (C=O) groups excluding carboxylic acids is 1. The Morgan fingerprint density at radius 1 is 1.29 bits per heavy atom.